The minimum absolute atomic E-state index is 0.128. The average Bonchev–Trinajstić information content (AvgIpc) is 2.39. The van der Waals surface area contributed by atoms with Crippen LogP contribution in [0.15, 0.2) is 12.3 Å². The van der Waals surface area contributed by atoms with Crippen LogP contribution in [0.3, 0.4) is 0 Å². The Balaban J connectivity index is 1.95. The number of alkyl halides is 1. The molecular formula is C13H21ClN4O. The molecule has 0 spiro atoms. The molecule has 1 aliphatic rings. The van der Waals surface area contributed by atoms with Crippen LogP contribution in [0, 0.1) is 0 Å². The van der Waals surface area contributed by atoms with Gasteiger partial charge in [0, 0.05) is 50.9 Å². The molecule has 1 aliphatic heterocycles. The van der Waals surface area contributed by atoms with Crippen LogP contribution in [0.4, 0.5) is 5.95 Å². The van der Waals surface area contributed by atoms with E-state index < -0.39 is 0 Å². The van der Waals surface area contributed by atoms with Crippen molar-refractivity contribution in [1.82, 2.24) is 14.9 Å². The standard InChI is InChI=1S/C13H21ClN4O/c1-11(2)19-12-3-5-15-13(16-12)18-9-7-17(6-4-14)8-10-18/h3,5,11H,4,6-10H2,1-2H3. The van der Waals surface area contributed by atoms with Gasteiger partial charge in [0.1, 0.15) is 0 Å². The number of aromatic nitrogens is 2. The van der Waals surface area contributed by atoms with E-state index in [2.05, 4.69) is 19.8 Å². The fraction of sp³-hybridized carbons (Fsp3) is 0.692. The van der Waals surface area contributed by atoms with Gasteiger partial charge in [-0.05, 0) is 13.8 Å². The lowest BCUT2D eigenvalue weighted by Crippen LogP contribution is -2.47. The summed E-state index contributed by atoms with van der Waals surface area (Å²) in [4.78, 5) is 13.3. The predicted octanol–water partition coefficient (Wildman–Crippen LogP) is 1.62. The molecule has 0 N–H and O–H groups in total. The Morgan fingerprint density at radius 1 is 1.32 bits per heavy atom. The van der Waals surface area contributed by atoms with Crippen LogP contribution >= 0.6 is 11.6 Å². The summed E-state index contributed by atoms with van der Waals surface area (Å²) in [6.45, 7) is 8.81. The molecule has 0 amide bonds. The monoisotopic (exact) mass is 284 g/mol. The van der Waals surface area contributed by atoms with Crippen molar-refractivity contribution in [3.8, 4) is 5.88 Å². The van der Waals surface area contributed by atoms with Gasteiger partial charge in [0.25, 0.3) is 0 Å². The number of piperazine rings is 1. The van der Waals surface area contributed by atoms with Crippen molar-refractivity contribution >= 4 is 17.5 Å². The molecule has 19 heavy (non-hydrogen) atoms. The minimum atomic E-state index is 0.128. The van der Waals surface area contributed by atoms with Gasteiger partial charge >= 0.3 is 0 Å². The fourth-order valence-corrected chi connectivity index (χ4v) is 2.32. The minimum Gasteiger partial charge on any atom is -0.475 e. The van der Waals surface area contributed by atoms with Crippen molar-refractivity contribution < 1.29 is 4.74 Å². The lowest BCUT2D eigenvalue weighted by atomic mass is 10.3. The highest BCUT2D eigenvalue weighted by Gasteiger charge is 2.18. The number of rotatable bonds is 5. The summed E-state index contributed by atoms with van der Waals surface area (Å²) in [5.41, 5.74) is 0. The molecule has 0 bridgehead atoms. The van der Waals surface area contributed by atoms with Gasteiger partial charge in [0.15, 0.2) is 0 Å². The Morgan fingerprint density at radius 3 is 2.68 bits per heavy atom. The maximum absolute atomic E-state index is 5.76. The van der Waals surface area contributed by atoms with Crippen molar-refractivity contribution in [3.63, 3.8) is 0 Å². The van der Waals surface area contributed by atoms with Gasteiger partial charge in [-0.1, -0.05) is 0 Å². The second-order valence-electron chi connectivity index (χ2n) is 4.88. The van der Waals surface area contributed by atoms with E-state index >= 15 is 0 Å². The van der Waals surface area contributed by atoms with E-state index in [9.17, 15) is 0 Å². The number of anilines is 1. The zero-order valence-electron chi connectivity index (χ0n) is 11.5. The molecule has 1 aromatic rings. The Bertz CT molecular complexity index is 394. The van der Waals surface area contributed by atoms with Gasteiger partial charge in [-0.25, -0.2) is 4.98 Å². The van der Waals surface area contributed by atoms with Crippen LogP contribution in [0.1, 0.15) is 13.8 Å². The molecule has 5 nitrogen and oxygen atoms in total. The summed E-state index contributed by atoms with van der Waals surface area (Å²) in [6, 6.07) is 1.80. The van der Waals surface area contributed by atoms with Gasteiger partial charge in [-0.3, -0.25) is 4.90 Å². The molecule has 0 atom stereocenters. The summed E-state index contributed by atoms with van der Waals surface area (Å²) in [5.74, 6) is 2.08. The third kappa shape index (κ3) is 4.21. The van der Waals surface area contributed by atoms with Gasteiger partial charge in [-0.15, -0.1) is 11.6 Å². The third-order valence-corrected chi connectivity index (χ3v) is 3.20. The average molecular weight is 285 g/mol. The van der Waals surface area contributed by atoms with Gasteiger partial charge in [-0.2, -0.15) is 4.98 Å². The molecule has 6 heteroatoms. The molecule has 0 saturated carbocycles. The summed E-state index contributed by atoms with van der Waals surface area (Å²) in [6.07, 6.45) is 1.88. The quantitative estimate of drug-likeness (QED) is 0.769. The first kappa shape index (κ1) is 14.3. The SMILES string of the molecule is CC(C)Oc1ccnc(N2CCN(CCCl)CC2)n1. The predicted molar refractivity (Wildman–Crippen MR) is 77.2 cm³/mol. The zero-order chi connectivity index (χ0) is 13.7. The summed E-state index contributed by atoms with van der Waals surface area (Å²) < 4.78 is 5.60. The Labute approximate surface area is 119 Å². The summed E-state index contributed by atoms with van der Waals surface area (Å²) in [5, 5.41) is 0. The van der Waals surface area contributed by atoms with Crippen LogP contribution in [0.5, 0.6) is 5.88 Å². The highest BCUT2D eigenvalue weighted by molar-refractivity contribution is 6.18. The lowest BCUT2D eigenvalue weighted by Gasteiger charge is -2.34. The van der Waals surface area contributed by atoms with Crippen molar-refractivity contribution in [1.29, 1.82) is 0 Å². The molecule has 106 valence electrons. The third-order valence-electron chi connectivity index (χ3n) is 3.03. The van der Waals surface area contributed by atoms with Crippen LogP contribution in [-0.2, 0) is 0 Å². The number of nitrogens with zero attached hydrogens (tertiary/aromatic N) is 4. The number of hydrogen-bond acceptors (Lipinski definition) is 5. The maximum Gasteiger partial charge on any atom is 0.228 e. The van der Waals surface area contributed by atoms with Gasteiger partial charge < -0.3 is 9.64 Å². The molecule has 0 aromatic carbocycles. The van der Waals surface area contributed by atoms with Gasteiger partial charge in [0.05, 0.1) is 6.10 Å². The zero-order valence-corrected chi connectivity index (χ0v) is 12.3. The smallest absolute Gasteiger partial charge is 0.228 e. The molecule has 0 aliphatic carbocycles. The molecule has 0 unspecified atom stereocenters. The largest absolute Gasteiger partial charge is 0.475 e. The molecule has 2 rings (SSSR count). The first-order valence-electron chi connectivity index (χ1n) is 6.72. The van der Waals surface area contributed by atoms with Gasteiger partial charge in [0.2, 0.25) is 11.8 Å². The Morgan fingerprint density at radius 2 is 2.05 bits per heavy atom. The van der Waals surface area contributed by atoms with Crippen molar-refractivity contribution in [2.45, 2.75) is 20.0 Å². The maximum atomic E-state index is 5.76. The molecule has 0 radical (unpaired) electrons. The molecule has 1 saturated heterocycles. The van der Waals surface area contributed by atoms with E-state index in [0.717, 1.165) is 38.7 Å². The Hall–Kier alpha value is -1.07. The van der Waals surface area contributed by atoms with Crippen molar-refractivity contribution in [3.05, 3.63) is 12.3 Å². The van der Waals surface area contributed by atoms with E-state index in [1.54, 1.807) is 12.3 Å². The molecule has 1 fully saturated rings. The Kier molecular flexibility index (Phi) is 5.22. The van der Waals surface area contributed by atoms with Crippen molar-refractivity contribution in [2.24, 2.45) is 0 Å². The van der Waals surface area contributed by atoms with Crippen molar-refractivity contribution in [2.75, 3.05) is 43.5 Å². The first-order valence-corrected chi connectivity index (χ1v) is 7.25. The molecular weight excluding hydrogens is 264 g/mol. The van der Waals surface area contributed by atoms with E-state index in [4.69, 9.17) is 16.3 Å². The van der Waals surface area contributed by atoms with Crippen LogP contribution in [-0.4, -0.2) is 59.6 Å². The highest BCUT2D eigenvalue weighted by Crippen LogP contribution is 2.15. The normalized spacial score (nSPS) is 16.9. The summed E-state index contributed by atoms with van der Waals surface area (Å²) in [7, 11) is 0. The number of halogens is 1. The molecule has 2 heterocycles. The van der Waals surface area contributed by atoms with Crippen LogP contribution in [0.25, 0.3) is 0 Å². The first-order chi connectivity index (χ1) is 9.19. The highest BCUT2D eigenvalue weighted by atomic mass is 35.5. The fourth-order valence-electron chi connectivity index (χ4n) is 2.08. The second-order valence-corrected chi connectivity index (χ2v) is 5.26. The van der Waals surface area contributed by atoms with E-state index in [0.29, 0.717) is 11.8 Å². The van der Waals surface area contributed by atoms with E-state index in [1.807, 2.05) is 13.8 Å². The topological polar surface area (TPSA) is 41.5 Å². The van der Waals surface area contributed by atoms with E-state index in [1.165, 1.54) is 0 Å². The number of hydrogen-bond donors (Lipinski definition) is 0. The van der Waals surface area contributed by atoms with E-state index in [-0.39, 0.29) is 6.10 Å². The molecule has 1 aromatic heterocycles. The lowest BCUT2D eigenvalue weighted by molar-refractivity contribution is 0.231. The van der Waals surface area contributed by atoms with Crippen LogP contribution < -0.4 is 9.64 Å². The van der Waals surface area contributed by atoms with Crippen LogP contribution in [0.2, 0.25) is 0 Å². The number of ether oxygens (including phenoxy) is 1. The summed E-state index contributed by atoms with van der Waals surface area (Å²) >= 11 is 5.76. The second kappa shape index (κ2) is 6.91.